The van der Waals surface area contributed by atoms with Crippen LogP contribution in [0.15, 0.2) is 54.6 Å². The molecule has 0 spiro atoms. The number of hydrogen-bond acceptors (Lipinski definition) is 3. The first-order chi connectivity index (χ1) is 8.18. The van der Waals surface area contributed by atoms with E-state index in [1.807, 2.05) is 31.9 Å². The molecule has 2 aromatic carbocycles. The van der Waals surface area contributed by atoms with Crippen LogP contribution in [0.5, 0.6) is 11.5 Å². The fraction of sp³-hybridized carbons (Fsp3) is 0.0714. The number of rotatable bonds is 0. The van der Waals surface area contributed by atoms with E-state index >= 15 is 0 Å². The van der Waals surface area contributed by atoms with Gasteiger partial charge in [0.1, 0.15) is 18.3 Å². The van der Waals surface area contributed by atoms with Crippen LogP contribution >= 0.6 is 0 Å². The van der Waals surface area contributed by atoms with Crippen LogP contribution < -0.4 is 0 Å². The van der Waals surface area contributed by atoms with Crippen molar-refractivity contribution in [2.24, 2.45) is 0 Å². The van der Waals surface area contributed by atoms with Gasteiger partial charge in [0.15, 0.2) is 0 Å². The third kappa shape index (κ3) is 7.62. The molecule has 0 heterocycles. The highest BCUT2D eigenvalue weighted by molar-refractivity contribution is 5.24. The van der Waals surface area contributed by atoms with Crippen molar-refractivity contribution in [1.29, 1.82) is 0 Å². The van der Waals surface area contributed by atoms with Crippen molar-refractivity contribution in [3.63, 3.8) is 0 Å². The number of hydrogen-bond donors (Lipinski definition) is 2. The predicted octanol–water partition coefficient (Wildman–Crippen LogP) is 2.91. The first-order valence-corrected chi connectivity index (χ1v) is 4.97. The molecule has 0 aliphatic heterocycles. The Labute approximate surface area is 101 Å². The van der Waals surface area contributed by atoms with Crippen molar-refractivity contribution in [2.75, 3.05) is 0 Å². The maximum absolute atomic E-state index is 8.76. The number of carbonyl (C=O) groups excluding carboxylic acids is 1. The Balaban J connectivity index is 0.000000265. The second-order valence-electron chi connectivity index (χ2n) is 3.17. The van der Waals surface area contributed by atoms with Gasteiger partial charge < -0.3 is 15.0 Å². The topological polar surface area (TPSA) is 57.5 Å². The standard InChI is InChI=1S/C7H8O.C6H6O.CH2O/c1-6-2-4-7(8)5-3-6;7-6-4-2-1-3-5-6;1-2/h2-5,8H,1H3;1-5,7H;1H2. The van der Waals surface area contributed by atoms with Crippen LogP contribution in [0, 0.1) is 6.92 Å². The highest BCUT2D eigenvalue weighted by atomic mass is 16.3. The maximum Gasteiger partial charge on any atom is 0.115 e. The van der Waals surface area contributed by atoms with Crippen LogP contribution in [0.25, 0.3) is 0 Å². The van der Waals surface area contributed by atoms with Crippen LogP contribution in [0.1, 0.15) is 5.56 Å². The van der Waals surface area contributed by atoms with Gasteiger partial charge in [-0.3, -0.25) is 0 Å². The molecule has 3 nitrogen and oxygen atoms in total. The zero-order valence-electron chi connectivity index (χ0n) is 9.71. The van der Waals surface area contributed by atoms with Crippen LogP contribution in [-0.4, -0.2) is 17.0 Å². The molecule has 0 unspecified atom stereocenters. The summed E-state index contributed by atoms with van der Waals surface area (Å²) in [4.78, 5) is 8.00. The van der Waals surface area contributed by atoms with Gasteiger partial charge in [0, 0.05) is 0 Å². The zero-order chi connectivity index (χ0) is 13.1. The predicted molar refractivity (Wildman–Crippen MR) is 68.1 cm³/mol. The lowest BCUT2D eigenvalue weighted by atomic mass is 10.2. The van der Waals surface area contributed by atoms with Crippen molar-refractivity contribution in [2.45, 2.75) is 6.92 Å². The Morgan fingerprint density at radius 1 is 0.765 bits per heavy atom. The third-order valence-electron chi connectivity index (χ3n) is 1.79. The normalized spacial score (nSPS) is 8.06. The molecule has 0 aromatic heterocycles. The number of phenols is 2. The summed E-state index contributed by atoms with van der Waals surface area (Å²) in [5.74, 6) is 0.651. The molecule has 0 bridgehead atoms. The van der Waals surface area contributed by atoms with Crippen molar-refractivity contribution in [1.82, 2.24) is 0 Å². The largest absolute Gasteiger partial charge is 0.508 e. The van der Waals surface area contributed by atoms with Crippen molar-refractivity contribution < 1.29 is 15.0 Å². The molecule has 90 valence electrons. The van der Waals surface area contributed by atoms with Crippen LogP contribution in [0.2, 0.25) is 0 Å². The van der Waals surface area contributed by atoms with Gasteiger partial charge in [-0.05, 0) is 31.2 Å². The van der Waals surface area contributed by atoms with Gasteiger partial charge in [-0.1, -0.05) is 35.9 Å². The molecule has 2 rings (SSSR count). The Morgan fingerprint density at radius 3 is 1.47 bits per heavy atom. The SMILES string of the molecule is C=O.Cc1ccc(O)cc1.Oc1ccccc1. The molecule has 2 N–H and O–H groups in total. The van der Waals surface area contributed by atoms with Crippen molar-refractivity contribution in [3.8, 4) is 11.5 Å². The smallest absolute Gasteiger partial charge is 0.115 e. The van der Waals surface area contributed by atoms with Crippen molar-refractivity contribution >= 4 is 6.79 Å². The molecule has 0 saturated carbocycles. The van der Waals surface area contributed by atoms with Crippen LogP contribution in [0.4, 0.5) is 0 Å². The minimum Gasteiger partial charge on any atom is -0.508 e. The van der Waals surface area contributed by atoms with E-state index in [0.717, 1.165) is 0 Å². The number of aromatic hydroxyl groups is 2. The van der Waals surface area contributed by atoms with Gasteiger partial charge in [-0.2, -0.15) is 0 Å². The molecule has 0 aliphatic rings. The van der Waals surface area contributed by atoms with E-state index in [1.165, 1.54) is 5.56 Å². The minimum atomic E-state index is 0.322. The summed E-state index contributed by atoms with van der Waals surface area (Å²) in [5, 5.41) is 17.4. The van der Waals surface area contributed by atoms with E-state index in [2.05, 4.69) is 0 Å². The molecule has 0 atom stereocenters. The third-order valence-corrected chi connectivity index (χ3v) is 1.79. The Bertz CT molecular complexity index is 375. The van der Waals surface area contributed by atoms with Gasteiger partial charge >= 0.3 is 0 Å². The van der Waals surface area contributed by atoms with E-state index in [-0.39, 0.29) is 0 Å². The molecular formula is C14H16O3. The lowest BCUT2D eigenvalue weighted by molar-refractivity contribution is -0.0979. The number of phenolic OH excluding ortho intramolecular Hbond substituents is 2. The zero-order valence-corrected chi connectivity index (χ0v) is 9.71. The van der Waals surface area contributed by atoms with Gasteiger partial charge in [-0.25, -0.2) is 0 Å². The Hall–Kier alpha value is -2.29. The summed E-state index contributed by atoms with van der Waals surface area (Å²) >= 11 is 0. The van der Waals surface area contributed by atoms with Gasteiger partial charge in [-0.15, -0.1) is 0 Å². The molecule has 0 saturated heterocycles. The number of carbonyl (C=O) groups is 1. The minimum absolute atomic E-state index is 0.322. The van der Waals surface area contributed by atoms with E-state index < -0.39 is 0 Å². The molecule has 0 fully saturated rings. The van der Waals surface area contributed by atoms with Gasteiger partial charge in [0.25, 0.3) is 0 Å². The quantitative estimate of drug-likeness (QED) is 0.734. The Morgan fingerprint density at radius 2 is 1.18 bits per heavy atom. The first-order valence-electron chi connectivity index (χ1n) is 4.97. The summed E-state index contributed by atoms with van der Waals surface area (Å²) < 4.78 is 0. The molecule has 3 heteroatoms. The highest BCUT2D eigenvalue weighted by Crippen LogP contribution is 2.07. The van der Waals surface area contributed by atoms with Crippen LogP contribution in [-0.2, 0) is 4.79 Å². The lowest BCUT2D eigenvalue weighted by Gasteiger charge is -1.89. The molecular weight excluding hydrogens is 216 g/mol. The fourth-order valence-electron chi connectivity index (χ4n) is 0.973. The summed E-state index contributed by atoms with van der Waals surface area (Å²) in [6.45, 7) is 3.99. The Kier molecular flexibility index (Phi) is 7.76. The lowest BCUT2D eigenvalue weighted by Crippen LogP contribution is -1.66. The number of benzene rings is 2. The van der Waals surface area contributed by atoms with Crippen molar-refractivity contribution in [3.05, 3.63) is 60.2 Å². The number of aryl methyl sites for hydroxylation is 1. The summed E-state index contributed by atoms with van der Waals surface area (Å²) in [6, 6.07) is 15.8. The molecule has 0 amide bonds. The first kappa shape index (κ1) is 14.7. The van der Waals surface area contributed by atoms with E-state index in [9.17, 15) is 0 Å². The second kappa shape index (κ2) is 8.97. The second-order valence-corrected chi connectivity index (χ2v) is 3.17. The summed E-state index contributed by atoms with van der Waals surface area (Å²) in [7, 11) is 0. The number of para-hydroxylation sites is 1. The van der Waals surface area contributed by atoms with E-state index in [0.29, 0.717) is 11.5 Å². The monoisotopic (exact) mass is 232 g/mol. The van der Waals surface area contributed by atoms with Gasteiger partial charge in [0.2, 0.25) is 0 Å². The molecule has 17 heavy (non-hydrogen) atoms. The highest BCUT2D eigenvalue weighted by Gasteiger charge is 1.82. The average Bonchev–Trinajstić information content (AvgIpc) is 2.37. The maximum atomic E-state index is 8.76. The molecule has 0 radical (unpaired) electrons. The molecule has 2 aromatic rings. The van der Waals surface area contributed by atoms with Crippen LogP contribution in [0.3, 0.4) is 0 Å². The van der Waals surface area contributed by atoms with E-state index in [4.69, 9.17) is 15.0 Å². The summed E-state index contributed by atoms with van der Waals surface area (Å²) in [5.41, 5.74) is 1.17. The fourth-order valence-corrected chi connectivity index (χ4v) is 0.973. The summed E-state index contributed by atoms with van der Waals surface area (Å²) in [6.07, 6.45) is 0. The molecule has 0 aliphatic carbocycles. The van der Waals surface area contributed by atoms with Gasteiger partial charge in [0.05, 0.1) is 0 Å². The average molecular weight is 232 g/mol. The van der Waals surface area contributed by atoms with E-state index in [1.54, 1.807) is 36.4 Å².